The van der Waals surface area contributed by atoms with Gasteiger partial charge in [0.25, 0.3) is 11.6 Å². The molecule has 0 radical (unpaired) electrons. The Bertz CT molecular complexity index is 888. The van der Waals surface area contributed by atoms with Gasteiger partial charge in [-0.1, -0.05) is 23.7 Å². The van der Waals surface area contributed by atoms with E-state index in [1.54, 1.807) is 7.11 Å². The lowest BCUT2D eigenvalue weighted by Gasteiger charge is -2.39. The van der Waals surface area contributed by atoms with Crippen LogP contribution in [0.4, 0.5) is 5.69 Å². The largest absolute Gasteiger partial charge is 0.497 e. The number of nitro benzene ring substituents is 1. The zero-order chi connectivity index (χ0) is 21.0. The number of ether oxygens (including phenoxy) is 1. The number of rotatable bonds is 6. The first-order valence-electron chi connectivity index (χ1n) is 9.47. The molecule has 0 spiro atoms. The molecular formula is C21H24ClN3O4. The minimum Gasteiger partial charge on any atom is -0.497 e. The molecule has 1 amide bonds. The van der Waals surface area contributed by atoms with E-state index in [1.165, 1.54) is 23.8 Å². The molecule has 1 aliphatic rings. The van der Waals surface area contributed by atoms with E-state index in [0.29, 0.717) is 6.54 Å². The van der Waals surface area contributed by atoms with Gasteiger partial charge in [0.05, 0.1) is 22.6 Å². The maximum Gasteiger partial charge on any atom is 0.270 e. The number of halogens is 1. The number of likely N-dealkylation sites (tertiary alicyclic amines) is 1. The lowest BCUT2D eigenvalue weighted by molar-refractivity contribution is -0.384. The number of hydrogen-bond donors (Lipinski definition) is 1. The summed E-state index contributed by atoms with van der Waals surface area (Å²) in [7, 11) is 3.74. The van der Waals surface area contributed by atoms with Crippen LogP contribution in [0.25, 0.3) is 0 Å². The number of nitro groups is 1. The molecule has 0 aliphatic carbocycles. The first-order chi connectivity index (χ1) is 13.9. The molecule has 1 heterocycles. The Hall–Kier alpha value is -2.64. The summed E-state index contributed by atoms with van der Waals surface area (Å²) in [5.41, 5.74) is 1.28. The molecule has 0 saturated carbocycles. The minimum absolute atomic E-state index is 0.0733. The maximum absolute atomic E-state index is 12.6. The van der Waals surface area contributed by atoms with Gasteiger partial charge in [0, 0.05) is 24.7 Å². The molecule has 8 heteroatoms. The average molecular weight is 418 g/mol. The van der Waals surface area contributed by atoms with Gasteiger partial charge in [0.2, 0.25) is 0 Å². The van der Waals surface area contributed by atoms with E-state index in [2.05, 4.69) is 29.4 Å². The van der Waals surface area contributed by atoms with E-state index in [-0.39, 0.29) is 34.1 Å². The predicted molar refractivity (Wildman–Crippen MR) is 112 cm³/mol. The van der Waals surface area contributed by atoms with Gasteiger partial charge in [-0.2, -0.15) is 0 Å². The fraction of sp³-hybridized carbons (Fsp3) is 0.381. The van der Waals surface area contributed by atoms with E-state index < -0.39 is 4.92 Å². The summed E-state index contributed by atoms with van der Waals surface area (Å²) in [6.45, 7) is 1.49. The molecule has 2 aromatic carbocycles. The van der Waals surface area contributed by atoms with E-state index >= 15 is 0 Å². The zero-order valence-electron chi connectivity index (χ0n) is 16.4. The quantitative estimate of drug-likeness (QED) is 0.565. The molecule has 2 unspecified atom stereocenters. The molecule has 154 valence electrons. The van der Waals surface area contributed by atoms with Crippen LogP contribution in [-0.2, 0) is 0 Å². The lowest BCUT2D eigenvalue weighted by atomic mass is 9.85. The number of carbonyl (C=O) groups excluding carboxylic acids is 1. The Labute approximate surface area is 174 Å². The second kappa shape index (κ2) is 9.24. The highest BCUT2D eigenvalue weighted by Crippen LogP contribution is 2.35. The summed E-state index contributed by atoms with van der Waals surface area (Å²) < 4.78 is 5.25. The van der Waals surface area contributed by atoms with Crippen LogP contribution in [0.3, 0.4) is 0 Å². The standard InChI is InChI=1S/C21H24ClN3O4/c1-24-11-3-4-15(20(24)14-5-8-17(29-2)9-6-14)13-23-21(26)18-10-7-16(25(27)28)12-19(18)22/h5-10,12,15,20H,3-4,11,13H2,1-2H3,(H,23,26). The molecule has 2 atom stereocenters. The minimum atomic E-state index is -0.537. The molecule has 7 nitrogen and oxygen atoms in total. The van der Waals surface area contributed by atoms with Crippen molar-refractivity contribution in [2.45, 2.75) is 18.9 Å². The number of benzene rings is 2. The molecule has 29 heavy (non-hydrogen) atoms. The number of methoxy groups -OCH3 is 1. The fourth-order valence-corrected chi connectivity index (χ4v) is 4.18. The summed E-state index contributed by atoms with van der Waals surface area (Å²) in [6.07, 6.45) is 2.05. The van der Waals surface area contributed by atoms with Crippen molar-refractivity contribution in [2.24, 2.45) is 5.92 Å². The van der Waals surface area contributed by atoms with Crippen LogP contribution >= 0.6 is 11.6 Å². The maximum atomic E-state index is 12.6. The smallest absolute Gasteiger partial charge is 0.270 e. The van der Waals surface area contributed by atoms with Crippen LogP contribution in [0.2, 0.25) is 5.02 Å². The second-order valence-electron chi connectivity index (χ2n) is 7.23. The van der Waals surface area contributed by atoms with Crippen LogP contribution < -0.4 is 10.1 Å². The van der Waals surface area contributed by atoms with Gasteiger partial charge in [-0.15, -0.1) is 0 Å². The topological polar surface area (TPSA) is 84.7 Å². The lowest BCUT2D eigenvalue weighted by Crippen LogP contribution is -2.41. The number of piperidine rings is 1. The highest BCUT2D eigenvalue weighted by Gasteiger charge is 2.31. The Morgan fingerprint density at radius 3 is 2.66 bits per heavy atom. The van der Waals surface area contributed by atoms with Crippen LogP contribution in [-0.4, -0.2) is 43.0 Å². The third-order valence-corrected chi connectivity index (χ3v) is 5.71. The SMILES string of the molecule is COc1ccc(C2C(CNC(=O)c3ccc([N+](=O)[O-])cc3Cl)CCCN2C)cc1. The summed E-state index contributed by atoms with van der Waals surface area (Å²) in [6, 6.07) is 12.1. The average Bonchev–Trinajstić information content (AvgIpc) is 2.72. The van der Waals surface area contributed by atoms with Crippen molar-refractivity contribution in [3.05, 3.63) is 68.7 Å². The predicted octanol–water partition coefficient (Wildman–Crippen LogP) is 4.07. The van der Waals surface area contributed by atoms with Crippen LogP contribution in [0.15, 0.2) is 42.5 Å². The molecule has 0 aromatic heterocycles. The molecular weight excluding hydrogens is 394 g/mol. The Balaban J connectivity index is 1.71. The van der Waals surface area contributed by atoms with Gasteiger partial charge in [-0.3, -0.25) is 19.8 Å². The zero-order valence-corrected chi connectivity index (χ0v) is 17.2. The normalized spacial score (nSPS) is 19.6. The van der Waals surface area contributed by atoms with Crippen molar-refractivity contribution in [3.63, 3.8) is 0 Å². The van der Waals surface area contributed by atoms with Gasteiger partial charge in [-0.05, 0) is 56.1 Å². The van der Waals surface area contributed by atoms with E-state index in [0.717, 1.165) is 25.1 Å². The summed E-state index contributed by atoms with van der Waals surface area (Å²) >= 11 is 6.08. The third kappa shape index (κ3) is 4.86. The molecule has 1 saturated heterocycles. The van der Waals surface area contributed by atoms with Crippen molar-refractivity contribution in [3.8, 4) is 5.75 Å². The second-order valence-corrected chi connectivity index (χ2v) is 7.64. The van der Waals surface area contributed by atoms with Gasteiger partial charge in [-0.25, -0.2) is 0 Å². The van der Waals surface area contributed by atoms with E-state index in [9.17, 15) is 14.9 Å². The van der Waals surface area contributed by atoms with Gasteiger partial charge in [0.15, 0.2) is 0 Å². The number of non-ortho nitro benzene ring substituents is 1. The van der Waals surface area contributed by atoms with Crippen molar-refractivity contribution in [1.29, 1.82) is 0 Å². The van der Waals surface area contributed by atoms with Gasteiger partial charge < -0.3 is 10.1 Å². The molecule has 0 bridgehead atoms. The van der Waals surface area contributed by atoms with Crippen molar-refractivity contribution in [2.75, 3.05) is 27.2 Å². The summed E-state index contributed by atoms with van der Waals surface area (Å²) in [5.74, 6) is 0.722. The molecule has 1 aliphatic heterocycles. The summed E-state index contributed by atoms with van der Waals surface area (Å²) in [5, 5.41) is 13.9. The van der Waals surface area contributed by atoms with E-state index in [1.807, 2.05) is 12.1 Å². The Morgan fingerprint density at radius 2 is 2.03 bits per heavy atom. The monoisotopic (exact) mass is 417 g/mol. The van der Waals surface area contributed by atoms with Gasteiger partial charge >= 0.3 is 0 Å². The third-order valence-electron chi connectivity index (χ3n) is 5.40. The van der Waals surface area contributed by atoms with E-state index in [4.69, 9.17) is 16.3 Å². The van der Waals surface area contributed by atoms with Crippen LogP contribution in [0.1, 0.15) is 34.8 Å². The molecule has 3 rings (SSSR count). The first-order valence-corrected chi connectivity index (χ1v) is 9.85. The molecule has 2 aromatic rings. The Kier molecular flexibility index (Phi) is 6.71. The van der Waals surface area contributed by atoms with Crippen molar-refractivity contribution in [1.82, 2.24) is 10.2 Å². The van der Waals surface area contributed by atoms with Crippen LogP contribution in [0, 0.1) is 16.0 Å². The number of carbonyl (C=O) groups is 1. The number of amides is 1. The highest BCUT2D eigenvalue weighted by atomic mass is 35.5. The first kappa shape index (κ1) is 21.1. The Morgan fingerprint density at radius 1 is 1.31 bits per heavy atom. The molecule has 1 N–H and O–H groups in total. The van der Waals surface area contributed by atoms with Crippen molar-refractivity contribution >= 4 is 23.2 Å². The fourth-order valence-electron chi connectivity index (χ4n) is 3.92. The van der Waals surface area contributed by atoms with Gasteiger partial charge in [0.1, 0.15) is 5.75 Å². The summed E-state index contributed by atoms with van der Waals surface area (Å²) in [4.78, 5) is 25.2. The highest BCUT2D eigenvalue weighted by molar-refractivity contribution is 6.34. The van der Waals surface area contributed by atoms with Crippen LogP contribution in [0.5, 0.6) is 5.75 Å². The number of nitrogens with zero attached hydrogens (tertiary/aromatic N) is 2. The number of hydrogen-bond acceptors (Lipinski definition) is 5. The van der Waals surface area contributed by atoms with Crippen molar-refractivity contribution < 1.29 is 14.5 Å². The number of nitrogens with one attached hydrogen (secondary N) is 1. The molecule has 1 fully saturated rings.